The van der Waals surface area contributed by atoms with Gasteiger partial charge in [0, 0.05) is 6.20 Å². The normalized spacial score (nSPS) is 9.56. The van der Waals surface area contributed by atoms with Gasteiger partial charge in [-0.25, -0.2) is 2.90 Å². The monoisotopic (exact) mass is 236 g/mol. The molecule has 0 aliphatic rings. The summed E-state index contributed by atoms with van der Waals surface area (Å²) in [5, 5.41) is 3.95. The first-order chi connectivity index (χ1) is 4.24. The quantitative estimate of drug-likeness (QED) is 0.542. The van der Waals surface area contributed by atoms with Crippen molar-refractivity contribution < 1.29 is 4.79 Å². The molecule has 1 heterocycles. The first-order valence-electron chi connectivity index (χ1n) is 2.41. The summed E-state index contributed by atoms with van der Waals surface area (Å²) in [5.41, 5.74) is 1.43. The van der Waals surface area contributed by atoms with Crippen LogP contribution < -0.4 is 0 Å². The molecular formula is C5H5IN2O. The Balaban J connectivity index is 3.15. The number of carbonyl (C=O) groups is 1. The molecule has 0 bridgehead atoms. The van der Waals surface area contributed by atoms with Crippen molar-refractivity contribution in [2.45, 2.75) is 6.92 Å². The van der Waals surface area contributed by atoms with Gasteiger partial charge in [-0.2, -0.15) is 5.10 Å². The van der Waals surface area contributed by atoms with E-state index in [0.717, 1.165) is 12.0 Å². The lowest BCUT2D eigenvalue weighted by atomic mass is 10.3. The van der Waals surface area contributed by atoms with E-state index in [2.05, 4.69) is 5.10 Å². The van der Waals surface area contributed by atoms with Gasteiger partial charge in [0.1, 0.15) is 0 Å². The number of aryl methyl sites for hydroxylation is 1. The van der Waals surface area contributed by atoms with Crippen LogP contribution in [0.2, 0.25) is 0 Å². The molecule has 9 heavy (non-hydrogen) atoms. The summed E-state index contributed by atoms with van der Waals surface area (Å²) in [6, 6.07) is 0. The molecule has 0 radical (unpaired) electrons. The number of hydrogen-bond acceptors (Lipinski definition) is 2. The van der Waals surface area contributed by atoms with Gasteiger partial charge in [-0.3, -0.25) is 4.79 Å². The van der Waals surface area contributed by atoms with Crippen molar-refractivity contribution in [1.29, 1.82) is 0 Å². The predicted octanol–water partition coefficient (Wildman–Crippen LogP) is 1.20. The molecule has 4 heteroatoms. The molecule has 0 fully saturated rings. The maximum absolute atomic E-state index is 10.2. The maximum atomic E-state index is 10.2. The Kier molecular flexibility index (Phi) is 1.84. The molecule has 0 aliphatic carbocycles. The van der Waals surface area contributed by atoms with Gasteiger partial charge >= 0.3 is 0 Å². The molecule has 1 aromatic heterocycles. The van der Waals surface area contributed by atoms with Gasteiger partial charge in [-0.1, -0.05) is 0 Å². The maximum Gasteiger partial charge on any atom is 0.153 e. The molecule has 0 aliphatic heterocycles. The Labute approximate surface area is 66.5 Å². The zero-order valence-corrected chi connectivity index (χ0v) is 6.99. The van der Waals surface area contributed by atoms with Crippen molar-refractivity contribution >= 4 is 29.2 Å². The van der Waals surface area contributed by atoms with E-state index in [1.807, 2.05) is 22.9 Å². The second-order valence-electron chi connectivity index (χ2n) is 1.68. The molecule has 0 saturated carbocycles. The highest BCUT2D eigenvalue weighted by Gasteiger charge is 1.99. The molecule has 0 aromatic carbocycles. The van der Waals surface area contributed by atoms with Gasteiger partial charge in [-0.05, 0) is 6.92 Å². The predicted molar refractivity (Wildman–Crippen MR) is 41.8 cm³/mol. The van der Waals surface area contributed by atoms with Crippen LogP contribution in [0.15, 0.2) is 6.20 Å². The van der Waals surface area contributed by atoms with Gasteiger partial charge in [0.25, 0.3) is 0 Å². The molecule has 3 nitrogen and oxygen atoms in total. The first kappa shape index (κ1) is 6.73. The Morgan fingerprint density at radius 1 is 1.89 bits per heavy atom. The van der Waals surface area contributed by atoms with Gasteiger partial charge in [0.15, 0.2) is 6.29 Å². The first-order valence-corrected chi connectivity index (χ1v) is 3.38. The van der Waals surface area contributed by atoms with Crippen molar-refractivity contribution in [3.05, 3.63) is 17.5 Å². The van der Waals surface area contributed by atoms with E-state index in [-0.39, 0.29) is 0 Å². The van der Waals surface area contributed by atoms with E-state index in [4.69, 9.17) is 0 Å². The summed E-state index contributed by atoms with van der Waals surface area (Å²) >= 11 is 2.00. The van der Waals surface area contributed by atoms with E-state index in [0.29, 0.717) is 5.56 Å². The van der Waals surface area contributed by atoms with Crippen LogP contribution in [0.3, 0.4) is 0 Å². The molecule has 1 rings (SSSR count). The zero-order valence-electron chi connectivity index (χ0n) is 4.84. The Morgan fingerprint density at radius 2 is 2.56 bits per heavy atom. The highest BCUT2D eigenvalue weighted by molar-refractivity contribution is 14.1. The average Bonchev–Trinajstić information content (AvgIpc) is 2.10. The van der Waals surface area contributed by atoms with Crippen LogP contribution in [0.25, 0.3) is 0 Å². The van der Waals surface area contributed by atoms with E-state index in [1.54, 1.807) is 16.0 Å². The fourth-order valence-electron chi connectivity index (χ4n) is 0.554. The second-order valence-corrected chi connectivity index (χ2v) is 2.66. The summed E-state index contributed by atoms with van der Waals surface area (Å²) < 4.78 is 1.59. The Hall–Kier alpha value is -0.390. The van der Waals surface area contributed by atoms with Crippen LogP contribution in [0.5, 0.6) is 0 Å². The summed E-state index contributed by atoms with van der Waals surface area (Å²) in [5.74, 6) is 0. The Bertz CT molecular complexity index is 231. The number of aldehydes is 1. The molecule has 48 valence electrons. The minimum Gasteiger partial charge on any atom is -0.298 e. The molecular weight excluding hydrogens is 231 g/mol. The number of halogens is 1. The van der Waals surface area contributed by atoms with Crippen LogP contribution in [-0.4, -0.2) is 14.3 Å². The number of nitrogens with zero attached hydrogens (tertiary/aromatic N) is 2. The smallest absolute Gasteiger partial charge is 0.153 e. The molecule has 0 spiro atoms. The third-order valence-corrected chi connectivity index (χ3v) is 1.53. The third-order valence-electron chi connectivity index (χ3n) is 1.04. The van der Waals surface area contributed by atoms with E-state index >= 15 is 0 Å². The minimum absolute atomic E-state index is 0.657. The summed E-state index contributed by atoms with van der Waals surface area (Å²) in [7, 11) is 0. The molecule has 0 atom stereocenters. The minimum atomic E-state index is 0.657. The lowest BCUT2D eigenvalue weighted by molar-refractivity contribution is 0.112. The van der Waals surface area contributed by atoms with Crippen LogP contribution >= 0.6 is 22.9 Å². The number of aromatic nitrogens is 2. The van der Waals surface area contributed by atoms with Crippen molar-refractivity contribution in [1.82, 2.24) is 7.99 Å². The fourth-order valence-corrected chi connectivity index (χ4v) is 1.18. The fraction of sp³-hybridized carbons (Fsp3) is 0.200. The van der Waals surface area contributed by atoms with Gasteiger partial charge in [-0.15, -0.1) is 0 Å². The van der Waals surface area contributed by atoms with Crippen molar-refractivity contribution in [2.75, 3.05) is 0 Å². The molecule has 0 N–H and O–H groups in total. The van der Waals surface area contributed by atoms with Crippen LogP contribution in [-0.2, 0) is 0 Å². The molecule has 0 amide bonds. The number of hydrogen-bond donors (Lipinski definition) is 0. The van der Waals surface area contributed by atoms with E-state index in [1.165, 1.54) is 0 Å². The van der Waals surface area contributed by atoms with Crippen molar-refractivity contribution in [3.63, 3.8) is 0 Å². The van der Waals surface area contributed by atoms with E-state index in [9.17, 15) is 4.79 Å². The Morgan fingerprint density at radius 3 is 2.78 bits per heavy atom. The van der Waals surface area contributed by atoms with Gasteiger partial charge < -0.3 is 0 Å². The van der Waals surface area contributed by atoms with Gasteiger partial charge in [0.05, 0.1) is 34.1 Å². The third kappa shape index (κ3) is 1.29. The summed E-state index contributed by atoms with van der Waals surface area (Å²) in [6.07, 6.45) is 2.49. The lowest BCUT2D eigenvalue weighted by Crippen LogP contribution is -1.78. The summed E-state index contributed by atoms with van der Waals surface area (Å²) in [4.78, 5) is 10.2. The van der Waals surface area contributed by atoms with Crippen LogP contribution in [0, 0.1) is 6.92 Å². The van der Waals surface area contributed by atoms with Gasteiger partial charge in [0.2, 0.25) is 0 Å². The van der Waals surface area contributed by atoms with Crippen molar-refractivity contribution in [2.24, 2.45) is 0 Å². The zero-order chi connectivity index (χ0) is 6.85. The van der Waals surface area contributed by atoms with Crippen LogP contribution in [0.4, 0.5) is 0 Å². The number of carbonyl (C=O) groups excluding carboxylic acids is 1. The largest absolute Gasteiger partial charge is 0.298 e. The SMILES string of the molecule is Cc1nn(I)cc1C=O. The molecule has 0 unspecified atom stereocenters. The highest BCUT2D eigenvalue weighted by atomic mass is 127. The molecule has 0 saturated heterocycles. The average molecular weight is 236 g/mol. The molecule has 1 aromatic rings. The second kappa shape index (κ2) is 2.47. The van der Waals surface area contributed by atoms with E-state index < -0.39 is 0 Å². The topological polar surface area (TPSA) is 34.9 Å². The standard InChI is InChI=1S/C5H5IN2O/c1-4-5(3-9)2-8(6)7-4/h2-3H,1H3. The number of rotatable bonds is 1. The van der Waals surface area contributed by atoms with Crippen molar-refractivity contribution in [3.8, 4) is 0 Å². The lowest BCUT2D eigenvalue weighted by Gasteiger charge is -1.77. The van der Waals surface area contributed by atoms with Crippen LogP contribution in [0.1, 0.15) is 16.1 Å². The summed E-state index contributed by atoms with van der Waals surface area (Å²) in [6.45, 7) is 1.80. The highest BCUT2D eigenvalue weighted by Crippen LogP contribution is 2.03.